The van der Waals surface area contributed by atoms with Gasteiger partial charge in [0.15, 0.2) is 0 Å². The number of benzene rings is 2. The van der Waals surface area contributed by atoms with Gasteiger partial charge in [0, 0.05) is 17.8 Å². The smallest absolute Gasteiger partial charge is 0.269 e. The van der Waals surface area contributed by atoms with E-state index in [4.69, 9.17) is 4.74 Å². The predicted molar refractivity (Wildman–Crippen MR) is 109 cm³/mol. The number of rotatable bonds is 6. The van der Waals surface area contributed by atoms with Crippen molar-refractivity contribution in [2.24, 2.45) is 0 Å². The molecule has 2 aromatic carbocycles. The Kier molecular flexibility index (Phi) is 6.66. The summed E-state index contributed by atoms with van der Waals surface area (Å²) in [5.74, 6) is -0.587. The van der Waals surface area contributed by atoms with Crippen molar-refractivity contribution in [2.75, 3.05) is 18.0 Å². The highest BCUT2D eigenvalue weighted by Crippen LogP contribution is 2.26. The van der Waals surface area contributed by atoms with Gasteiger partial charge >= 0.3 is 0 Å². The number of anilines is 1. The number of carbonyl (C=O) groups is 2. The molecule has 2 N–H and O–H groups in total. The molecule has 0 spiro atoms. The van der Waals surface area contributed by atoms with Gasteiger partial charge in [-0.1, -0.05) is 30.3 Å². The molecular weight excluding hydrogens is 354 g/mol. The van der Waals surface area contributed by atoms with E-state index in [1.807, 2.05) is 49.1 Å². The highest BCUT2D eigenvalue weighted by atomic mass is 16.5. The summed E-state index contributed by atoms with van der Waals surface area (Å²) >= 11 is 0. The van der Waals surface area contributed by atoms with Crippen LogP contribution in [-0.2, 0) is 22.6 Å². The van der Waals surface area contributed by atoms with Crippen LogP contribution in [0.4, 0.5) is 5.69 Å². The lowest BCUT2D eigenvalue weighted by atomic mass is 10.0. The van der Waals surface area contributed by atoms with Gasteiger partial charge in [0.1, 0.15) is 0 Å². The Labute approximate surface area is 165 Å². The first-order valence-electron chi connectivity index (χ1n) is 9.65. The third kappa shape index (κ3) is 5.33. The van der Waals surface area contributed by atoms with Crippen molar-refractivity contribution >= 4 is 17.5 Å². The summed E-state index contributed by atoms with van der Waals surface area (Å²) in [5, 5.41) is 0. The van der Waals surface area contributed by atoms with Gasteiger partial charge in [-0.3, -0.25) is 20.4 Å². The number of amides is 2. The van der Waals surface area contributed by atoms with Gasteiger partial charge in [0.05, 0.1) is 19.3 Å². The lowest BCUT2D eigenvalue weighted by Crippen LogP contribution is -2.47. The van der Waals surface area contributed by atoms with Crippen molar-refractivity contribution in [1.82, 2.24) is 10.9 Å². The number of hydrogen-bond donors (Lipinski definition) is 2. The highest BCUT2D eigenvalue weighted by molar-refractivity contribution is 5.95. The summed E-state index contributed by atoms with van der Waals surface area (Å²) in [4.78, 5) is 26.6. The van der Waals surface area contributed by atoms with Gasteiger partial charge in [-0.05, 0) is 56.0 Å². The standard InChI is InChI=1S/C22H27N3O3/c1-16(2)28-15-17-9-11-19(12-10-17)22(27)24-23-21(26)14-25-13-5-7-18-6-3-4-8-20(18)25/h3-4,6,8-12,16H,5,7,13-15H2,1-2H3,(H,23,26)(H,24,27). The summed E-state index contributed by atoms with van der Waals surface area (Å²) < 4.78 is 5.54. The average molecular weight is 381 g/mol. The Morgan fingerprint density at radius 3 is 2.57 bits per heavy atom. The first-order chi connectivity index (χ1) is 13.5. The minimum absolute atomic E-state index is 0.157. The number of hydrogen-bond acceptors (Lipinski definition) is 4. The molecular formula is C22H27N3O3. The normalized spacial score (nSPS) is 13.2. The lowest BCUT2D eigenvalue weighted by Gasteiger charge is -2.30. The number of para-hydroxylation sites is 1. The minimum Gasteiger partial charge on any atom is -0.374 e. The van der Waals surface area contributed by atoms with Crippen molar-refractivity contribution in [2.45, 2.75) is 39.4 Å². The van der Waals surface area contributed by atoms with E-state index in [2.05, 4.69) is 16.9 Å². The zero-order valence-electron chi connectivity index (χ0n) is 16.4. The number of nitrogens with one attached hydrogen (secondary N) is 2. The molecule has 0 bridgehead atoms. The molecule has 6 nitrogen and oxygen atoms in total. The Bertz CT molecular complexity index is 818. The predicted octanol–water partition coefficient (Wildman–Crippen LogP) is 2.83. The van der Waals surface area contributed by atoms with Crippen LogP contribution in [0.25, 0.3) is 0 Å². The largest absolute Gasteiger partial charge is 0.374 e. The third-order valence-electron chi connectivity index (χ3n) is 4.66. The average Bonchev–Trinajstić information content (AvgIpc) is 2.71. The number of ether oxygens (including phenoxy) is 1. The maximum atomic E-state index is 12.3. The second-order valence-electron chi connectivity index (χ2n) is 7.21. The zero-order valence-corrected chi connectivity index (χ0v) is 16.4. The molecule has 2 aromatic rings. The van der Waals surface area contributed by atoms with E-state index in [0.29, 0.717) is 12.2 Å². The number of carbonyl (C=O) groups excluding carboxylic acids is 2. The molecule has 28 heavy (non-hydrogen) atoms. The summed E-state index contributed by atoms with van der Waals surface area (Å²) in [5.41, 5.74) is 8.82. The SMILES string of the molecule is CC(C)OCc1ccc(C(=O)NNC(=O)CN2CCCc3ccccc32)cc1. The number of fused-ring (bicyclic) bond motifs is 1. The van der Waals surface area contributed by atoms with Crippen molar-refractivity contribution in [3.63, 3.8) is 0 Å². The van der Waals surface area contributed by atoms with Crippen molar-refractivity contribution < 1.29 is 14.3 Å². The topological polar surface area (TPSA) is 70.7 Å². The van der Waals surface area contributed by atoms with Crippen LogP contribution in [-0.4, -0.2) is 31.0 Å². The van der Waals surface area contributed by atoms with E-state index in [-0.39, 0.29) is 24.5 Å². The maximum Gasteiger partial charge on any atom is 0.269 e. The fourth-order valence-corrected chi connectivity index (χ4v) is 3.20. The van der Waals surface area contributed by atoms with Crippen LogP contribution in [0.15, 0.2) is 48.5 Å². The molecule has 0 saturated heterocycles. The Morgan fingerprint density at radius 2 is 1.82 bits per heavy atom. The van der Waals surface area contributed by atoms with E-state index in [1.54, 1.807) is 12.1 Å². The highest BCUT2D eigenvalue weighted by Gasteiger charge is 2.18. The lowest BCUT2D eigenvalue weighted by molar-refractivity contribution is -0.120. The fourth-order valence-electron chi connectivity index (χ4n) is 3.20. The van der Waals surface area contributed by atoms with Crippen LogP contribution in [0.3, 0.4) is 0 Å². The van der Waals surface area contributed by atoms with Gasteiger partial charge in [-0.2, -0.15) is 0 Å². The molecule has 0 radical (unpaired) electrons. The third-order valence-corrected chi connectivity index (χ3v) is 4.66. The molecule has 1 aliphatic rings. The molecule has 0 aromatic heterocycles. The van der Waals surface area contributed by atoms with E-state index < -0.39 is 0 Å². The molecule has 148 valence electrons. The van der Waals surface area contributed by atoms with Crippen molar-refractivity contribution in [3.8, 4) is 0 Å². The van der Waals surface area contributed by atoms with E-state index in [9.17, 15) is 9.59 Å². The van der Waals surface area contributed by atoms with Crippen LogP contribution in [0.2, 0.25) is 0 Å². The second kappa shape index (κ2) is 9.37. The molecule has 0 unspecified atom stereocenters. The van der Waals surface area contributed by atoms with Gasteiger partial charge in [0.2, 0.25) is 0 Å². The van der Waals surface area contributed by atoms with E-state index >= 15 is 0 Å². The molecule has 3 rings (SSSR count). The van der Waals surface area contributed by atoms with E-state index in [0.717, 1.165) is 30.6 Å². The maximum absolute atomic E-state index is 12.3. The Balaban J connectivity index is 1.49. The van der Waals surface area contributed by atoms with Crippen LogP contribution in [0, 0.1) is 0 Å². The molecule has 1 aliphatic heterocycles. The summed E-state index contributed by atoms with van der Waals surface area (Å²) in [7, 11) is 0. The summed E-state index contributed by atoms with van der Waals surface area (Å²) in [6, 6.07) is 15.3. The fraction of sp³-hybridized carbons (Fsp3) is 0.364. The molecule has 2 amide bonds. The molecule has 6 heteroatoms. The monoisotopic (exact) mass is 381 g/mol. The van der Waals surface area contributed by atoms with E-state index in [1.165, 1.54) is 5.56 Å². The number of nitrogens with zero attached hydrogens (tertiary/aromatic N) is 1. The molecule has 0 aliphatic carbocycles. The van der Waals surface area contributed by atoms with Crippen LogP contribution in [0.1, 0.15) is 41.8 Å². The zero-order chi connectivity index (χ0) is 19.9. The van der Waals surface area contributed by atoms with Crippen LogP contribution >= 0.6 is 0 Å². The Hall–Kier alpha value is -2.86. The molecule has 0 atom stereocenters. The van der Waals surface area contributed by atoms with Crippen LogP contribution in [0.5, 0.6) is 0 Å². The molecule has 0 fully saturated rings. The quantitative estimate of drug-likeness (QED) is 0.755. The molecule has 0 saturated carbocycles. The Morgan fingerprint density at radius 1 is 1.07 bits per heavy atom. The second-order valence-corrected chi connectivity index (χ2v) is 7.21. The van der Waals surface area contributed by atoms with Gasteiger partial charge in [0.25, 0.3) is 11.8 Å². The first-order valence-corrected chi connectivity index (χ1v) is 9.65. The van der Waals surface area contributed by atoms with Crippen molar-refractivity contribution in [3.05, 3.63) is 65.2 Å². The first kappa shape index (κ1) is 19.9. The summed E-state index contributed by atoms with van der Waals surface area (Å²) in [6.45, 7) is 5.51. The molecule has 1 heterocycles. The van der Waals surface area contributed by atoms with Crippen molar-refractivity contribution in [1.29, 1.82) is 0 Å². The van der Waals surface area contributed by atoms with Gasteiger partial charge in [-0.25, -0.2) is 0 Å². The van der Waals surface area contributed by atoms with Crippen LogP contribution < -0.4 is 15.8 Å². The number of aryl methyl sites for hydroxylation is 1. The van der Waals surface area contributed by atoms with Gasteiger partial charge < -0.3 is 9.64 Å². The number of hydrazine groups is 1. The van der Waals surface area contributed by atoms with Gasteiger partial charge in [-0.15, -0.1) is 0 Å². The minimum atomic E-state index is -0.344. The summed E-state index contributed by atoms with van der Waals surface area (Å²) in [6.07, 6.45) is 2.21.